The highest BCUT2D eigenvalue weighted by Crippen LogP contribution is 2.31. The van der Waals surface area contributed by atoms with E-state index in [9.17, 15) is 17.6 Å². The molecule has 0 bridgehead atoms. The van der Waals surface area contributed by atoms with Gasteiger partial charge in [0.1, 0.15) is 11.5 Å². The Bertz CT molecular complexity index is 1580. The molecule has 0 aromatic heterocycles. The van der Waals surface area contributed by atoms with Crippen LogP contribution in [0.2, 0.25) is 0 Å². The predicted octanol–water partition coefficient (Wildman–Crippen LogP) is 5.97. The molecule has 0 aliphatic rings. The van der Waals surface area contributed by atoms with Gasteiger partial charge in [-0.1, -0.05) is 48.5 Å². The second-order valence-electron chi connectivity index (χ2n) is 9.19. The summed E-state index contributed by atoms with van der Waals surface area (Å²) in [6.07, 6.45) is 1.13. The molecular formula is C30H29FN2O6S. The number of aliphatic carboxylic acids is 1. The summed E-state index contributed by atoms with van der Waals surface area (Å²) in [5.41, 5.74) is 4.29. The number of carboxylic acid groups (broad SMARTS) is 1. The first kappa shape index (κ1) is 28.4. The summed E-state index contributed by atoms with van der Waals surface area (Å²) < 4.78 is 51.1. The molecular weight excluding hydrogens is 535 g/mol. The van der Waals surface area contributed by atoms with Crippen molar-refractivity contribution in [1.29, 1.82) is 0 Å². The van der Waals surface area contributed by atoms with Crippen LogP contribution >= 0.6 is 0 Å². The van der Waals surface area contributed by atoms with Crippen LogP contribution in [0.1, 0.15) is 16.7 Å². The van der Waals surface area contributed by atoms with Crippen molar-refractivity contribution in [1.82, 2.24) is 0 Å². The molecule has 10 heteroatoms. The Hall–Kier alpha value is -4.57. The van der Waals surface area contributed by atoms with Crippen LogP contribution in [0.25, 0.3) is 0 Å². The summed E-state index contributed by atoms with van der Waals surface area (Å²) >= 11 is 0. The minimum atomic E-state index is -3.44. The fraction of sp³-hybridized carbons (Fsp3) is 0.167. The van der Waals surface area contributed by atoms with E-state index in [1.165, 1.54) is 12.1 Å². The lowest BCUT2D eigenvalue weighted by atomic mass is 10.1. The van der Waals surface area contributed by atoms with Crippen molar-refractivity contribution in [2.24, 2.45) is 0 Å². The van der Waals surface area contributed by atoms with Gasteiger partial charge in [0, 0.05) is 24.8 Å². The predicted molar refractivity (Wildman–Crippen MR) is 152 cm³/mol. The Morgan fingerprint density at radius 2 is 1.55 bits per heavy atom. The van der Waals surface area contributed by atoms with Crippen molar-refractivity contribution in [2.45, 2.75) is 20.0 Å². The Balaban J connectivity index is 1.55. The van der Waals surface area contributed by atoms with Crippen LogP contribution in [-0.4, -0.2) is 32.4 Å². The Labute approximate surface area is 232 Å². The zero-order valence-corrected chi connectivity index (χ0v) is 22.8. The molecule has 40 heavy (non-hydrogen) atoms. The summed E-state index contributed by atoms with van der Waals surface area (Å²) in [5, 5.41) is 8.78. The summed E-state index contributed by atoms with van der Waals surface area (Å²) in [6, 6.07) is 26.8. The number of ether oxygens (including phenoxy) is 2. The molecule has 0 amide bonds. The van der Waals surface area contributed by atoms with Crippen molar-refractivity contribution in [3.63, 3.8) is 0 Å². The number of halogens is 1. The molecule has 0 saturated carbocycles. The van der Waals surface area contributed by atoms with E-state index in [1.54, 1.807) is 18.2 Å². The van der Waals surface area contributed by atoms with E-state index >= 15 is 0 Å². The Morgan fingerprint density at radius 3 is 2.20 bits per heavy atom. The van der Waals surface area contributed by atoms with E-state index in [-0.39, 0.29) is 5.75 Å². The number of hydrogen-bond donors (Lipinski definition) is 2. The molecule has 0 heterocycles. The average molecular weight is 565 g/mol. The van der Waals surface area contributed by atoms with Gasteiger partial charge in [0.25, 0.3) is 0 Å². The van der Waals surface area contributed by atoms with Crippen molar-refractivity contribution >= 4 is 27.4 Å². The van der Waals surface area contributed by atoms with Gasteiger partial charge in [-0.05, 0) is 60.0 Å². The standard InChI is InChI=1S/C30H29FN2O6S/c1-21-27(32-40(2,36)37)9-6-10-28(21)33(18-22-7-4-3-5-8-22)19-23-11-13-24(14-12-23)39-25-15-16-26(31)29(17-25)38-20-30(34)35/h3-17,32H,18-20H2,1-2H3,(H,34,35). The third-order valence-electron chi connectivity index (χ3n) is 5.94. The van der Waals surface area contributed by atoms with Gasteiger partial charge >= 0.3 is 5.97 Å². The summed E-state index contributed by atoms with van der Waals surface area (Å²) in [4.78, 5) is 12.9. The molecule has 2 N–H and O–H groups in total. The second-order valence-corrected chi connectivity index (χ2v) is 10.9. The molecule has 8 nitrogen and oxygen atoms in total. The number of anilines is 2. The van der Waals surface area contributed by atoms with Crippen LogP contribution < -0.4 is 19.1 Å². The smallest absolute Gasteiger partial charge is 0.341 e. The van der Waals surface area contributed by atoms with Gasteiger partial charge in [0.15, 0.2) is 18.2 Å². The lowest BCUT2D eigenvalue weighted by Crippen LogP contribution is -2.23. The lowest BCUT2D eigenvalue weighted by Gasteiger charge is -2.28. The Morgan fingerprint density at radius 1 is 0.900 bits per heavy atom. The van der Waals surface area contributed by atoms with E-state index in [2.05, 4.69) is 9.62 Å². The van der Waals surface area contributed by atoms with Crippen LogP contribution in [0.5, 0.6) is 17.2 Å². The summed E-state index contributed by atoms with van der Waals surface area (Å²) in [6.45, 7) is 2.34. The van der Waals surface area contributed by atoms with Gasteiger partial charge in [0.05, 0.1) is 11.9 Å². The van der Waals surface area contributed by atoms with Crippen LogP contribution in [-0.2, 0) is 27.9 Å². The summed E-state index contributed by atoms with van der Waals surface area (Å²) in [5.74, 6) is -1.31. The third-order valence-corrected chi connectivity index (χ3v) is 6.53. The van der Waals surface area contributed by atoms with E-state index in [0.717, 1.165) is 34.7 Å². The van der Waals surface area contributed by atoms with Gasteiger partial charge in [0.2, 0.25) is 10.0 Å². The number of nitrogens with zero attached hydrogens (tertiary/aromatic N) is 1. The van der Waals surface area contributed by atoms with Gasteiger partial charge < -0.3 is 19.5 Å². The average Bonchev–Trinajstić information content (AvgIpc) is 2.91. The van der Waals surface area contributed by atoms with Crippen LogP contribution in [0.3, 0.4) is 0 Å². The third kappa shape index (κ3) is 7.97. The number of hydrogen-bond acceptors (Lipinski definition) is 6. The van der Waals surface area contributed by atoms with E-state index in [0.29, 0.717) is 30.3 Å². The maximum absolute atomic E-state index is 14.0. The first-order chi connectivity index (χ1) is 19.1. The zero-order chi connectivity index (χ0) is 28.7. The number of sulfonamides is 1. The van der Waals surface area contributed by atoms with Gasteiger partial charge in [-0.2, -0.15) is 0 Å². The molecule has 4 aromatic carbocycles. The fourth-order valence-corrected chi connectivity index (χ4v) is 4.74. The van der Waals surface area contributed by atoms with Gasteiger partial charge in [-0.15, -0.1) is 0 Å². The SMILES string of the molecule is Cc1c(NS(C)(=O)=O)cccc1N(Cc1ccccc1)Cc1ccc(Oc2ccc(F)c(OCC(=O)O)c2)cc1. The maximum atomic E-state index is 14.0. The quantitative estimate of drug-likeness (QED) is 0.219. The molecule has 0 radical (unpaired) electrons. The molecule has 0 fully saturated rings. The molecule has 0 atom stereocenters. The Kier molecular flexibility index (Phi) is 8.90. The highest BCUT2D eigenvalue weighted by atomic mass is 32.2. The molecule has 0 unspecified atom stereocenters. The van der Waals surface area contributed by atoms with Crippen molar-refractivity contribution < 1.29 is 32.2 Å². The minimum Gasteiger partial charge on any atom is -0.479 e. The number of nitrogens with one attached hydrogen (secondary N) is 1. The lowest BCUT2D eigenvalue weighted by molar-refractivity contribution is -0.139. The zero-order valence-electron chi connectivity index (χ0n) is 22.0. The van der Waals surface area contributed by atoms with Gasteiger partial charge in [-0.3, -0.25) is 4.72 Å². The van der Waals surface area contributed by atoms with Crippen LogP contribution in [0, 0.1) is 12.7 Å². The van der Waals surface area contributed by atoms with Crippen molar-refractivity contribution in [3.05, 3.63) is 114 Å². The number of benzene rings is 4. The van der Waals surface area contributed by atoms with Crippen molar-refractivity contribution in [2.75, 3.05) is 22.5 Å². The van der Waals surface area contributed by atoms with Crippen LogP contribution in [0.4, 0.5) is 15.8 Å². The van der Waals surface area contributed by atoms with E-state index in [4.69, 9.17) is 14.6 Å². The highest BCUT2D eigenvalue weighted by Gasteiger charge is 2.15. The summed E-state index contributed by atoms with van der Waals surface area (Å²) in [7, 11) is -3.44. The van der Waals surface area contributed by atoms with Crippen LogP contribution in [0.15, 0.2) is 91.0 Å². The van der Waals surface area contributed by atoms with E-state index < -0.39 is 28.4 Å². The second kappa shape index (κ2) is 12.5. The molecule has 0 saturated heterocycles. The molecule has 208 valence electrons. The number of rotatable bonds is 12. The molecule has 4 rings (SSSR count). The van der Waals surface area contributed by atoms with Gasteiger partial charge in [-0.25, -0.2) is 17.6 Å². The fourth-order valence-electron chi connectivity index (χ4n) is 4.12. The first-order valence-electron chi connectivity index (χ1n) is 12.3. The molecule has 0 aliphatic heterocycles. The minimum absolute atomic E-state index is 0.212. The maximum Gasteiger partial charge on any atom is 0.341 e. The van der Waals surface area contributed by atoms with Crippen molar-refractivity contribution in [3.8, 4) is 17.2 Å². The molecule has 0 spiro atoms. The largest absolute Gasteiger partial charge is 0.479 e. The topological polar surface area (TPSA) is 105 Å². The normalized spacial score (nSPS) is 11.1. The molecule has 0 aliphatic carbocycles. The highest BCUT2D eigenvalue weighted by molar-refractivity contribution is 7.92. The number of carbonyl (C=O) groups is 1. The van der Waals surface area contributed by atoms with E-state index in [1.807, 2.05) is 61.5 Å². The monoisotopic (exact) mass is 564 g/mol. The first-order valence-corrected chi connectivity index (χ1v) is 14.2. The molecule has 4 aromatic rings. The number of carboxylic acids is 1.